The van der Waals surface area contributed by atoms with Crippen molar-refractivity contribution in [1.82, 2.24) is 4.57 Å². The topological polar surface area (TPSA) is 36.8 Å². The Morgan fingerprint density at radius 3 is 2.29 bits per heavy atom. The molecular weight excluding hydrogens is 426 g/mol. The monoisotopic (exact) mass is 453 g/mol. The second-order valence-electron chi connectivity index (χ2n) is 7.16. The number of benzene rings is 2. The van der Waals surface area contributed by atoms with E-state index in [0.29, 0.717) is 0 Å². The van der Waals surface area contributed by atoms with Gasteiger partial charge in [0.2, 0.25) is 0 Å². The Labute approximate surface area is 194 Å². The molecule has 4 rings (SSSR count). The number of thiazole rings is 1. The van der Waals surface area contributed by atoms with Crippen LogP contribution in [-0.2, 0) is 13.6 Å². The Bertz CT molecular complexity index is 1180. The second kappa shape index (κ2) is 10.1. The molecule has 0 fully saturated rings. The third-order valence-electron chi connectivity index (χ3n) is 5.42. The van der Waals surface area contributed by atoms with Gasteiger partial charge in [-0.1, -0.05) is 48.5 Å². The molecule has 0 N–H and O–H groups in total. The van der Waals surface area contributed by atoms with Gasteiger partial charge in [0.1, 0.15) is 16.9 Å². The van der Waals surface area contributed by atoms with Crippen molar-refractivity contribution in [3.8, 4) is 11.3 Å². The highest BCUT2D eigenvalue weighted by molar-refractivity contribution is 7.18. The predicted molar refractivity (Wildman–Crippen MR) is 126 cm³/mol. The maximum Gasteiger partial charge on any atom is 0.410 e. The third-order valence-corrected chi connectivity index (χ3v) is 6.54. The molecule has 31 heavy (non-hydrogen) atoms. The van der Waals surface area contributed by atoms with E-state index in [2.05, 4.69) is 89.5 Å². The number of aromatic nitrogens is 2. The van der Waals surface area contributed by atoms with Crippen molar-refractivity contribution < 1.29 is 17.0 Å². The van der Waals surface area contributed by atoms with Crippen LogP contribution in [0.2, 0.25) is 0 Å². The predicted octanol–water partition coefficient (Wildman–Crippen LogP) is 3.48. The average molecular weight is 454 g/mol. The molecule has 0 unspecified atom stereocenters. The molecule has 0 radical (unpaired) electrons. The first-order valence-corrected chi connectivity index (χ1v) is 11.3. The summed E-state index contributed by atoms with van der Waals surface area (Å²) in [5.41, 5.74) is 4.39. The summed E-state index contributed by atoms with van der Waals surface area (Å²) >= 11 is 1.68. The Hall–Kier alpha value is -2.70. The van der Waals surface area contributed by atoms with Crippen LogP contribution in [-0.4, -0.2) is 17.7 Å². The van der Waals surface area contributed by atoms with Crippen molar-refractivity contribution in [2.24, 2.45) is 17.3 Å². The van der Waals surface area contributed by atoms with Crippen molar-refractivity contribution in [2.75, 3.05) is 18.0 Å². The van der Waals surface area contributed by atoms with Crippen LogP contribution in [0, 0.1) is 0 Å². The van der Waals surface area contributed by atoms with Crippen LogP contribution in [0.15, 0.2) is 71.0 Å². The number of anilines is 1. The van der Waals surface area contributed by atoms with Crippen LogP contribution in [0.5, 0.6) is 0 Å². The number of rotatable bonds is 7. The number of aryl methyl sites for hydroxylation is 2. The van der Waals surface area contributed by atoms with Gasteiger partial charge in [0.25, 0.3) is 0 Å². The fourth-order valence-corrected chi connectivity index (χ4v) is 4.94. The summed E-state index contributed by atoms with van der Waals surface area (Å²) < 4.78 is 4.39. The molecule has 4 aromatic rings. The van der Waals surface area contributed by atoms with Gasteiger partial charge in [-0.25, -0.2) is 4.57 Å². The summed E-state index contributed by atoms with van der Waals surface area (Å²) in [5, 5.41) is 12.7. The van der Waals surface area contributed by atoms with E-state index in [1.54, 1.807) is 11.3 Å². The Morgan fingerprint density at radius 1 is 0.935 bits per heavy atom. The van der Waals surface area contributed by atoms with Crippen LogP contribution in [0.4, 0.5) is 15.8 Å². The summed E-state index contributed by atoms with van der Waals surface area (Å²) in [6, 6.07) is 18.9. The lowest BCUT2D eigenvalue weighted by Crippen LogP contribution is -3.00. The SMILES string of the molecule is CCN(CC)c1c[n+](C)c(N=Nc2c(-c3ccccc3)n(CC)c3ccccc23)s1.[Cl-]. The van der Waals surface area contributed by atoms with Crippen molar-refractivity contribution in [3.63, 3.8) is 0 Å². The van der Waals surface area contributed by atoms with E-state index in [4.69, 9.17) is 10.2 Å². The quantitative estimate of drug-likeness (QED) is 0.312. The van der Waals surface area contributed by atoms with E-state index < -0.39 is 0 Å². The summed E-state index contributed by atoms with van der Waals surface area (Å²) in [6.45, 7) is 9.37. The summed E-state index contributed by atoms with van der Waals surface area (Å²) in [4.78, 5) is 2.34. The minimum Gasteiger partial charge on any atom is -1.00 e. The lowest BCUT2D eigenvalue weighted by Gasteiger charge is -2.16. The summed E-state index contributed by atoms with van der Waals surface area (Å²) in [7, 11) is 2.03. The van der Waals surface area contributed by atoms with Crippen molar-refractivity contribution in [2.45, 2.75) is 27.3 Å². The van der Waals surface area contributed by atoms with Gasteiger partial charge < -0.3 is 21.9 Å². The number of halogens is 1. The molecule has 0 amide bonds. The van der Waals surface area contributed by atoms with E-state index in [9.17, 15) is 0 Å². The van der Waals surface area contributed by atoms with E-state index in [1.165, 1.54) is 10.5 Å². The molecule has 0 aliphatic heterocycles. The van der Waals surface area contributed by atoms with Crippen LogP contribution >= 0.6 is 11.3 Å². The molecule has 0 aliphatic carbocycles. The highest BCUT2D eigenvalue weighted by Gasteiger charge is 2.21. The number of fused-ring (bicyclic) bond motifs is 1. The smallest absolute Gasteiger partial charge is 0.410 e. The van der Waals surface area contributed by atoms with Gasteiger partial charge in [-0.3, -0.25) is 0 Å². The molecule has 0 bridgehead atoms. The summed E-state index contributed by atoms with van der Waals surface area (Å²) in [5.74, 6) is 0. The number of para-hydroxylation sites is 1. The third kappa shape index (κ3) is 4.36. The standard InChI is InChI=1S/C24H28N5S.ClH/c1-5-28(6-2)21-17-27(4)24(30-21)26-25-22-19-15-11-12-16-20(19)29(7-3)23(22)18-13-9-8-10-14-18;/h8-17H,5-7H2,1-4H3;1H/q+1;/p-1. The molecule has 0 atom stereocenters. The van der Waals surface area contributed by atoms with E-state index in [0.717, 1.165) is 47.1 Å². The van der Waals surface area contributed by atoms with Crippen molar-refractivity contribution >= 4 is 38.1 Å². The Kier molecular flexibility index (Phi) is 7.46. The van der Waals surface area contributed by atoms with Gasteiger partial charge in [0.15, 0.2) is 0 Å². The lowest BCUT2D eigenvalue weighted by atomic mass is 10.1. The average Bonchev–Trinajstić information content (AvgIpc) is 3.31. The van der Waals surface area contributed by atoms with E-state index in [-0.39, 0.29) is 12.4 Å². The van der Waals surface area contributed by atoms with Crippen molar-refractivity contribution in [1.29, 1.82) is 0 Å². The van der Waals surface area contributed by atoms with Gasteiger partial charge >= 0.3 is 5.13 Å². The number of azo groups is 1. The van der Waals surface area contributed by atoms with Gasteiger partial charge in [-0.15, -0.1) is 0 Å². The van der Waals surface area contributed by atoms with E-state index >= 15 is 0 Å². The zero-order valence-electron chi connectivity index (χ0n) is 18.4. The molecule has 2 aromatic carbocycles. The van der Waals surface area contributed by atoms with Gasteiger partial charge in [0.05, 0.1) is 23.4 Å². The first-order valence-electron chi connectivity index (χ1n) is 10.5. The fourth-order valence-electron chi connectivity index (χ4n) is 3.88. The zero-order chi connectivity index (χ0) is 21.1. The minimum atomic E-state index is 0. The van der Waals surface area contributed by atoms with Crippen LogP contribution in [0.25, 0.3) is 22.2 Å². The second-order valence-corrected chi connectivity index (χ2v) is 8.15. The maximum atomic E-state index is 4.81. The first-order chi connectivity index (χ1) is 14.7. The zero-order valence-corrected chi connectivity index (χ0v) is 20.0. The largest absolute Gasteiger partial charge is 1.00 e. The Balaban J connectivity index is 0.00000272. The fraction of sp³-hybridized carbons (Fsp3) is 0.292. The molecular formula is C24H28ClN5S. The Morgan fingerprint density at radius 2 is 1.61 bits per heavy atom. The molecule has 0 saturated carbocycles. The highest BCUT2D eigenvalue weighted by Crippen LogP contribution is 2.41. The molecule has 7 heteroatoms. The van der Waals surface area contributed by atoms with Gasteiger partial charge in [-0.2, -0.15) is 0 Å². The first kappa shape index (κ1) is 23.0. The molecule has 0 saturated heterocycles. The molecule has 162 valence electrons. The lowest BCUT2D eigenvalue weighted by molar-refractivity contribution is -0.653. The molecule has 5 nitrogen and oxygen atoms in total. The van der Waals surface area contributed by atoms with E-state index in [1.807, 2.05) is 13.1 Å². The highest BCUT2D eigenvalue weighted by atomic mass is 35.5. The molecule has 0 aliphatic rings. The molecule has 0 spiro atoms. The maximum absolute atomic E-state index is 4.81. The van der Waals surface area contributed by atoms with Crippen LogP contribution in [0.3, 0.4) is 0 Å². The number of hydrogen-bond acceptors (Lipinski definition) is 4. The molecule has 2 aromatic heterocycles. The number of nitrogens with zero attached hydrogens (tertiary/aromatic N) is 5. The minimum absolute atomic E-state index is 0. The van der Waals surface area contributed by atoms with Crippen LogP contribution < -0.4 is 21.9 Å². The molecule has 2 heterocycles. The van der Waals surface area contributed by atoms with Crippen molar-refractivity contribution in [3.05, 3.63) is 60.8 Å². The normalized spacial score (nSPS) is 11.2. The van der Waals surface area contributed by atoms with Gasteiger partial charge in [-0.05, 0) is 43.3 Å². The summed E-state index contributed by atoms with van der Waals surface area (Å²) in [6.07, 6.45) is 2.14. The van der Waals surface area contributed by atoms with Crippen LogP contribution in [0.1, 0.15) is 20.8 Å². The van der Waals surface area contributed by atoms with Gasteiger partial charge in [0, 0.05) is 30.6 Å². The number of hydrogen-bond donors (Lipinski definition) is 0.